The van der Waals surface area contributed by atoms with Gasteiger partial charge in [-0.2, -0.15) is 0 Å². The lowest BCUT2D eigenvalue weighted by Gasteiger charge is -2.57. The number of allylic oxidation sites excluding steroid dienone is 1. The number of Topliss-reactive ketones (excluding diaryl/α,β-unsaturated/α-hetero) is 2. The summed E-state index contributed by atoms with van der Waals surface area (Å²) in [6.07, 6.45) is 8.21. The Morgan fingerprint density at radius 1 is 1.11 bits per heavy atom. The second-order valence-corrected chi connectivity index (χ2v) is 10.2. The fourth-order valence-electron chi connectivity index (χ4n) is 7.62. The zero-order valence-corrected chi connectivity index (χ0v) is 17.8. The molecule has 0 aromatic carbocycles. The van der Waals surface area contributed by atoms with Crippen LogP contribution in [0.2, 0.25) is 0 Å². The zero-order valence-electron chi connectivity index (χ0n) is 17.8. The van der Waals surface area contributed by atoms with Crippen molar-refractivity contribution >= 4 is 17.5 Å². The largest absolute Gasteiger partial charge is 0.423 e. The lowest BCUT2D eigenvalue weighted by molar-refractivity contribution is -0.143. The summed E-state index contributed by atoms with van der Waals surface area (Å²) in [7, 11) is 0. The number of ketones is 2. The first kappa shape index (κ1) is 19.8. The van der Waals surface area contributed by atoms with E-state index >= 15 is 0 Å². The fourth-order valence-corrected chi connectivity index (χ4v) is 7.62. The lowest BCUT2D eigenvalue weighted by Crippen LogP contribution is -2.52. The van der Waals surface area contributed by atoms with Gasteiger partial charge in [0.1, 0.15) is 5.78 Å². The van der Waals surface area contributed by atoms with E-state index in [4.69, 9.17) is 4.74 Å². The molecule has 0 bridgehead atoms. The van der Waals surface area contributed by atoms with Crippen LogP contribution in [0.1, 0.15) is 85.5 Å². The van der Waals surface area contributed by atoms with Crippen molar-refractivity contribution < 1.29 is 19.1 Å². The molecule has 4 heteroatoms. The molecule has 3 saturated carbocycles. The van der Waals surface area contributed by atoms with Crippen molar-refractivity contribution in [2.45, 2.75) is 85.5 Å². The molecule has 0 heterocycles. The molecule has 4 aliphatic rings. The van der Waals surface area contributed by atoms with Crippen LogP contribution in [0.3, 0.4) is 0 Å². The van der Waals surface area contributed by atoms with Gasteiger partial charge in [-0.25, -0.2) is 0 Å². The molecule has 0 amide bonds. The molecule has 154 valence electrons. The number of rotatable bonds is 3. The first-order chi connectivity index (χ1) is 13.2. The van der Waals surface area contributed by atoms with E-state index < -0.39 is 5.97 Å². The Kier molecular flexibility index (Phi) is 4.83. The highest BCUT2D eigenvalue weighted by atomic mass is 16.5. The van der Waals surface area contributed by atoms with Crippen LogP contribution < -0.4 is 0 Å². The number of carbonyl (C=O) groups is 3. The Hall–Kier alpha value is -1.45. The standard InChI is InChI=1S/C24H34O4/c1-5-6-15-13-20(27)24(4)11-9-17-16(21(15)24)7-8-18-22(28-14(2)25)19(26)10-12-23(17,18)3/h15-17,21H,5-13H2,1-4H3/t15?,16-,17-,21+,23-,24-/m1/s1. The fraction of sp³-hybridized carbons (Fsp3) is 0.792. The van der Waals surface area contributed by atoms with Crippen molar-refractivity contribution in [3.63, 3.8) is 0 Å². The molecule has 0 aromatic rings. The summed E-state index contributed by atoms with van der Waals surface area (Å²) in [4.78, 5) is 37.1. The van der Waals surface area contributed by atoms with Gasteiger partial charge in [0.25, 0.3) is 0 Å². The quantitative estimate of drug-likeness (QED) is 0.640. The van der Waals surface area contributed by atoms with Crippen LogP contribution in [-0.4, -0.2) is 17.5 Å². The van der Waals surface area contributed by atoms with Gasteiger partial charge in [-0.3, -0.25) is 14.4 Å². The average Bonchev–Trinajstić information content (AvgIpc) is 2.88. The summed E-state index contributed by atoms with van der Waals surface area (Å²) < 4.78 is 5.44. The molecule has 1 unspecified atom stereocenters. The van der Waals surface area contributed by atoms with Crippen LogP contribution in [0.4, 0.5) is 0 Å². The molecular weight excluding hydrogens is 352 g/mol. The third-order valence-corrected chi connectivity index (χ3v) is 8.82. The maximum Gasteiger partial charge on any atom is 0.308 e. The third-order valence-electron chi connectivity index (χ3n) is 8.82. The predicted molar refractivity (Wildman–Crippen MR) is 106 cm³/mol. The molecule has 28 heavy (non-hydrogen) atoms. The van der Waals surface area contributed by atoms with Gasteiger partial charge >= 0.3 is 5.97 Å². The summed E-state index contributed by atoms with van der Waals surface area (Å²) in [5.74, 6) is 2.44. The van der Waals surface area contributed by atoms with E-state index in [0.29, 0.717) is 41.6 Å². The van der Waals surface area contributed by atoms with E-state index in [1.807, 2.05) is 0 Å². The molecule has 0 saturated heterocycles. The molecule has 4 rings (SSSR count). The Morgan fingerprint density at radius 2 is 1.86 bits per heavy atom. The van der Waals surface area contributed by atoms with Gasteiger partial charge in [0, 0.05) is 25.2 Å². The van der Waals surface area contributed by atoms with Gasteiger partial charge in [-0.05, 0) is 73.2 Å². The van der Waals surface area contributed by atoms with Crippen molar-refractivity contribution in [3.8, 4) is 0 Å². The van der Waals surface area contributed by atoms with Crippen LogP contribution in [0.15, 0.2) is 11.3 Å². The molecule has 3 fully saturated rings. The number of carbonyl (C=O) groups excluding carboxylic acids is 3. The van der Waals surface area contributed by atoms with Gasteiger partial charge in [-0.1, -0.05) is 27.2 Å². The molecule has 6 atom stereocenters. The van der Waals surface area contributed by atoms with Gasteiger partial charge < -0.3 is 4.74 Å². The summed E-state index contributed by atoms with van der Waals surface area (Å²) in [6.45, 7) is 8.13. The Balaban J connectivity index is 1.73. The molecular formula is C24H34O4. The van der Waals surface area contributed by atoms with E-state index in [-0.39, 0.29) is 16.6 Å². The Bertz CT molecular complexity index is 750. The van der Waals surface area contributed by atoms with E-state index in [1.165, 1.54) is 6.92 Å². The molecule has 0 N–H and O–H groups in total. The SMILES string of the molecule is CCCC1CC(=O)[C@@]2(C)CC[C@@H]3[C@@H](CCC4=C(OC(C)=O)C(=O)CC[C@@]43C)[C@H]12. The molecule has 0 aromatic heterocycles. The highest BCUT2D eigenvalue weighted by Gasteiger charge is 2.62. The summed E-state index contributed by atoms with van der Waals surface area (Å²) >= 11 is 0. The van der Waals surface area contributed by atoms with Crippen LogP contribution in [-0.2, 0) is 19.1 Å². The van der Waals surface area contributed by atoms with E-state index in [2.05, 4.69) is 20.8 Å². The average molecular weight is 387 g/mol. The van der Waals surface area contributed by atoms with Gasteiger partial charge in [0.15, 0.2) is 11.5 Å². The number of fused-ring (bicyclic) bond motifs is 5. The first-order valence-electron chi connectivity index (χ1n) is 11.2. The first-order valence-corrected chi connectivity index (χ1v) is 11.2. The van der Waals surface area contributed by atoms with Gasteiger partial charge in [0.05, 0.1) is 0 Å². The molecule has 4 aliphatic carbocycles. The minimum absolute atomic E-state index is 0.0123. The minimum atomic E-state index is -0.400. The molecule has 0 aliphatic heterocycles. The normalized spacial score (nSPS) is 42.7. The van der Waals surface area contributed by atoms with Crippen molar-refractivity contribution in [3.05, 3.63) is 11.3 Å². The van der Waals surface area contributed by atoms with Crippen molar-refractivity contribution in [1.29, 1.82) is 0 Å². The van der Waals surface area contributed by atoms with Crippen LogP contribution in [0.5, 0.6) is 0 Å². The number of hydrogen-bond acceptors (Lipinski definition) is 4. The lowest BCUT2D eigenvalue weighted by atomic mass is 9.46. The Morgan fingerprint density at radius 3 is 2.54 bits per heavy atom. The maximum absolute atomic E-state index is 13.0. The topological polar surface area (TPSA) is 60.4 Å². The summed E-state index contributed by atoms with van der Waals surface area (Å²) in [5, 5.41) is 0. The third kappa shape index (κ3) is 2.74. The zero-order chi connectivity index (χ0) is 20.3. The summed E-state index contributed by atoms with van der Waals surface area (Å²) in [5.41, 5.74) is 0.854. The smallest absolute Gasteiger partial charge is 0.308 e. The van der Waals surface area contributed by atoms with Crippen LogP contribution in [0.25, 0.3) is 0 Å². The number of hydrogen-bond donors (Lipinski definition) is 0. The maximum atomic E-state index is 13.0. The highest BCUT2D eigenvalue weighted by Crippen LogP contribution is 2.66. The molecule has 4 nitrogen and oxygen atoms in total. The van der Waals surface area contributed by atoms with Crippen molar-refractivity contribution in [1.82, 2.24) is 0 Å². The van der Waals surface area contributed by atoms with Crippen molar-refractivity contribution in [2.75, 3.05) is 0 Å². The van der Waals surface area contributed by atoms with Gasteiger partial charge in [-0.15, -0.1) is 0 Å². The van der Waals surface area contributed by atoms with Gasteiger partial charge in [0.2, 0.25) is 0 Å². The minimum Gasteiger partial charge on any atom is -0.423 e. The number of esters is 1. The highest BCUT2D eigenvalue weighted by molar-refractivity contribution is 5.97. The molecule has 0 radical (unpaired) electrons. The molecule has 0 spiro atoms. The second-order valence-electron chi connectivity index (χ2n) is 10.2. The van der Waals surface area contributed by atoms with Crippen molar-refractivity contribution in [2.24, 2.45) is 34.5 Å². The monoisotopic (exact) mass is 386 g/mol. The van der Waals surface area contributed by atoms with Crippen LogP contribution >= 0.6 is 0 Å². The summed E-state index contributed by atoms with van der Waals surface area (Å²) in [6, 6.07) is 0. The van der Waals surface area contributed by atoms with E-state index in [1.54, 1.807) is 0 Å². The Labute approximate surface area is 168 Å². The predicted octanol–water partition coefficient (Wildman–Crippen LogP) is 5.00. The second kappa shape index (κ2) is 6.81. The van der Waals surface area contributed by atoms with Crippen LogP contribution in [0, 0.1) is 34.5 Å². The number of ether oxygens (including phenoxy) is 1. The van der Waals surface area contributed by atoms with E-state index in [9.17, 15) is 14.4 Å². The van der Waals surface area contributed by atoms with E-state index in [0.717, 1.165) is 56.9 Å².